The number of rotatable bonds is 3. The third-order valence-electron chi connectivity index (χ3n) is 2.75. The number of esters is 1. The molecule has 0 radical (unpaired) electrons. The van der Waals surface area contributed by atoms with Gasteiger partial charge in [0.25, 0.3) is 0 Å². The van der Waals surface area contributed by atoms with Crippen molar-refractivity contribution < 1.29 is 14.3 Å². The molecular weight excluding hydrogens is 268 g/mol. The van der Waals surface area contributed by atoms with E-state index in [0.717, 1.165) is 0 Å². The fraction of sp³-hybridized carbons (Fsp3) is 0.0625. The van der Waals surface area contributed by atoms with E-state index in [1.807, 2.05) is 12.1 Å². The highest BCUT2D eigenvalue weighted by Crippen LogP contribution is 2.27. The van der Waals surface area contributed by atoms with E-state index in [2.05, 4.69) is 4.74 Å². The molecule has 102 valence electrons. The topological polar surface area (TPSA) is 83.1 Å². The number of carbonyl (C=O) groups excluding carboxylic acids is 1. The Morgan fingerprint density at radius 1 is 1.05 bits per heavy atom. The molecule has 0 aromatic heterocycles. The van der Waals surface area contributed by atoms with Gasteiger partial charge in [-0.2, -0.15) is 10.5 Å². The van der Waals surface area contributed by atoms with Crippen molar-refractivity contribution in [1.29, 1.82) is 10.5 Å². The molecule has 0 fully saturated rings. The van der Waals surface area contributed by atoms with Crippen LogP contribution in [0, 0.1) is 22.7 Å². The van der Waals surface area contributed by atoms with Gasteiger partial charge in [0, 0.05) is 0 Å². The maximum atomic E-state index is 11.7. The van der Waals surface area contributed by atoms with Gasteiger partial charge in [0.2, 0.25) is 0 Å². The molecule has 5 heteroatoms. The summed E-state index contributed by atoms with van der Waals surface area (Å²) in [6.07, 6.45) is 0. The van der Waals surface area contributed by atoms with E-state index in [1.54, 1.807) is 30.3 Å². The van der Waals surface area contributed by atoms with Gasteiger partial charge in [-0.25, -0.2) is 4.79 Å². The van der Waals surface area contributed by atoms with Gasteiger partial charge < -0.3 is 9.47 Å². The van der Waals surface area contributed by atoms with Crippen molar-refractivity contribution in [2.45, 2.75) is 0 Å². The Labute approximate surface area is 121 Å². The largest absolute Gasteiger partial charge is 0.465 e. The Hall–Kier alpha value is -3.31. The van der Waals surface area contributed by atoms with Crippen molar-refractivity contribution in [1.82, 2.24) is 0 Å². The molecule has 0 aliphatic rings. The number of carbonyl (C=O) groups is 1. The molecule has 0 N–H and O–H groups in total. The van der Waals surface area contributed by atoms with Gasteiger partial charge in [-0.1, -0.05) is 12.1 Å². The Morgan fingerprint density at radius 2 is 1.76 bits per heavy atom. The lowest BCUT2D eigenvalue weighted by atomic mass is 10.1. The minimum Gasteiger partial charge on any atom is -0.465 e. The molecule has 0 spiro atoms. The Kier molecular flexibility index (Phi) is 4.18. The minimum absolute atomic E-state index is 0.213. The van der Waals surface area contributed by atoms with Crippen LogP contribution in [0.1, 0.15) is 21.5 Å². The molecule has 0 aliphatic heterocycles. The average Bonchev–Trinajstić information content (AvgIpc) is 2.54. The molecule has 0 bridgehead atoms. The fourth-order valence-corrected chi connectivity index (χ4v) is 1.74. The number of nitrogens with zero attached hydrogens (tertiary/aromatic N) is 2. The van der Waals surface area contributed by atoms with Crippen molar-refractivity contribution >= 4 is 5.97 Å². The zero-order valence-corrected chi connectivity index (χ0v) is 11.2. The van der Waals surface area contributed by atoms with Gasteiger partial charge in [-0.15, -0.1) is 0 Å². The molecule has 5 nitrogen and oxygen atoms in total. The zero-order chi connectivity index (χ0) is 15.2. The predicted octanol–water partition coefficient (Wildman–Crippen LogP) is 3.01. The van der Waals surface area contributed by atoms with E-state index in [4.69, 9.17) is 15.3 Å². The van der Waals surface area contributed by atoms with Crippen molar-refractivity contribution in [3.05, 3.63) is 59.2 Å². The number of para-hydroxylation sites is 1. The first kappa shape index (κ1) is 14.1. The van der Waals surface area contributed by atoms with Crippen LogP contribution in [0.2, 0.25) is 0 Å². The van der Waals surface area contributed by atoms with Crippen LogP contribution in [0.3, 0.4) is 0 Å². The van der Waals surface area contributed by atoms with Gasteiger partial charge in [0.15, 0.2) is 0 Å². The molecule has 0 saturated carbocycles. The number of ether oxygens (including phenoxy) is 2. The second-order valence-electron chi connectivity index (χ2n) is 4.02. The summed E-state index contributed by atoms with van der Waals surface area (Å²) in [4.78, 5) is 11.7. The van der Waals surface area contributed by atoms with Gasteiger partial charge in [-0.05, 0) is 30.3 Å². The highest BCUT2D eigenvalue weighted by Gasteiger charge is 2.13. The summed E-state index contributed by atoms with van der Waals surface area (Å²) in [5.41, 5.74) is 0.763. The molecule has 2 aromatic carbocycles. The summed E-state index contributed by atoms with van der Waals surface area (Å²) in [5.74, 6) is 0.166. The van der Waals surface area contributed by atoms with Crippen molar-refractivity contribution in [2.75, 3.05) is 7.11 Å². The van der Waals surface area contributed by atoms with Gasteiger partial charge in [0.1, 0.15) is 29.2 Å². The highest BCUT2D eigenvalue weighted by atomic mass is 16.5. The molecule has 2 rings (SSSR count). The summed E-state index contributed by atoms with van der Waals surface area (Å²) in [5, 5.41) is 17.9. The quantitative estimate of drug-likeness (QED) is 0.806. The van der Waals surface area contributed by atoms with E-state index >= 15 is 0 Å². The molecule has 0 saturated heterocycles. The van der Waals surface area contributed by atoms with Gasteiger partial charge in [0.05, 0.1) is 18.2 Å². The third kappa shape index (κ3) is 2.99. The van der Waals surface area contributed by atoms with Crippen LogP contribution < -0.4 is 4.74 Å². The Balaban J connectivity index is 2.38. The van der Waals surface area contributed by atoms with Gasteiger partial charge in [-0.3, -0.25) is 0 Å². The molecule has 21 heavy (non-hydrogen) atoms. The maximum Gasteiger partial charge on any atom is 0.341 e. The lowest BCUT2D eigenvalue weighted by Crippen LogP contribution is -2.03. The van der Waals surface area contributed by atoms with E-state index in [1.165, 1.54) is 19.2 Å². The van der Waals surface area contributed by atoms with E-state index in [0.29, 0.717) is 11.5 Å². The maximum absolute atomic E-state index is 11.7. The normalized spacial score (nSPS) is 9.29. The fourth-order valence-electron chi connectivity index (χ4n) is 1.74. The minimum atomic E-state index is -0.514. The van der Waals surface area contributed by atoms with Crippen LogP contribution in [0.5, 0.6) is 11.5 Å². The molecular formula is C16H10N2O3. The molecule has 0 heterocycles. The monoisotopic (exact) mass is 278 g/mol. The summed E-state index contributed by atoms with van der Waals surface area (Å²) >= 11 is 0. The summed E-state index contributed by atoms with van der Waals surface area (Å²) in [6.45, 7) is 0. The summed E-state index contributed by atoms with van der Waals surface area (Å²) < 4.78 is 10.3. The first-order chi connectivity index (χ1) is 10.2. The standard InChI is InChI=1S/C16H10N2O3/c1-20-16(19)14-4-2-3-5-15(14)21-13-7-6-11(9-17)12(8-13)10-18/h2-8H,1H3. The first-order valence-electron chi connectivity index (χ1n) is 5.99. The molecule has 0 aliphatic carbocycles. The number of methoxy groups -OCH3 is 1. The van der Waals surface area contributed by atoms with Crippen molar-refractivity contribution in [2.24, 2.45) is 0 Å². The first-order valence-corrected chi connectivity index (χ1v) is 5.99. The summed E-state index contributed by atoms with van der Waals surface area (Å²) in [7, 11) is 1.29. The van der Waals surface area contributed by atoms with Crippen LogP contribution >= 0.6 is 0 Å². The SMILES string of the molecule is COC(=O)c1ccccc1Oc1ccc(C#N)c(C#N)c1. The van der Waals surface area contributed by atoms with Crippen LogP contribution in [0.25, 0.3) is 0 Å². The second kappa shape index (κ2) is 6.23. The number of hydrogen-bond acceptors (Lipinski definition) is 5. The van der Waals surface area contributed by atoms with Crippen LogP contribution in [-0.2, 0) is 4.74 Å². The van der Waals surface area contributed by atoms with Crippen molar-refractivity contribution in [3.63, 3.8) is 0 Å². The lowest BCUT2D eigenvalue weighted by Gasteiger charge is -2.10. The van der Waals surface area contributed by atoms with Gasteiger partial charge >= 0.3 is 5.97 Å². The van der Waals surface area contributed by atoms with Crippen LogP contribution in [0.15, 0.2) is 42.5 Å². The Bertz CT molecular complexity index is 770. The molecule has 0 amide bonds. The number of hydrogen-bond donors (Lipinski definition) is 0. The van der Waals surface area contributed by atoms with E-state index < -0.39 is 5.97 Å². The average molecular weight is 278 g/mol. The molecule has 0 atom stereocenters. The lowest BCUT2D eigenvalue weighted by molar-refractivity contribution is 0.0598. The van der Waals surface area contributed by atoms with Crippen molar-refractivity contribution in [3.8, 4) is 23.6 Å². The number of nitriles is 2. The third-order valence-corrected chi connectivity index (χ3v) is 2.75. The van der Waals surface area contributed by atoms with E-state index in [9.17, 15) is 4.79 Å². The second-order valence-corrected chi connectivity index (χ2v) is 4.02. The zero-order valence-electron chi connectivity index (χ0n) is 11.2. The van der Waals surface area contributed by atoms with Crippen LogP contribution in [-0.4, -0.2) is 13.1 Å². The Morgan fingerprint density at radius 3 is 2.43 bits per heavy atom. The molecule has 2 aromatic rings. The number of benzene rings is 2. The van der Waals surface area contributed by atoms with E-state index in [-0.39, 0.29) is 16.7 Å². The smallest absolute Gasteiger partial charge is 0.341 e. The highest BCUT2D eigenvalue weighted by molar-refractivity contribution is 5.92. The molecule has 0 unspecified atom stereocenters. The summed E-state index contributed by atoms with van der Waals surface area (Å²) in [6, 6.07) is 15.0. The predicted molar refractivity (Wildman–Crippen MR) is 73.7 cm³/mol. The van der Waals surface area contributed by atoms with Crippen LogP contribution in [0.4, 0.5) is 0 Å².